The Morgan fingerprint density at radius 1 is 1.62 bits per heavy atom. The highest BCUT2D eigenvalue weighted by atomic mass is 16.5. The smallest absolute Gasteiger partial charge is 0.339 e. The molecule has 0 radical (unpaired) electrons. The summed E-state index contributed by atoms with van der Waals surface area (Å²) in [6.07, 6.45) is 2.13. The molecule has 1 aliphatic rings. The zero-order valence-corrected chi connectivity index (χ0v) is 9.01. The lowest BCUT2D eigenvalue weighted by Gasteiger charge is -2.41. The monoisotopic (exact) mass is 222 g/mol. The fraction of sp³-hybridized carbons (Fsp3) is 0.455. The van der Waals surface area contributed by atoms with Crippen LogP contribution >= 0.6 is 0 Å². The molecule has 5 nitrogen and oxygen atoms in total. The zero-order chi connectivity index (χ0) is 11.8. The van der Waals surface area contributed by atoms with Gasteiger partial charge in [-0.05, 0) is 25.0 Å². The normalized spacial score (nSPS) is 28.3. The summed E-state index contributed by atoms with van der Waals surface area (Å²) in [5, 5.41) is 9.24. The van der Waals surface area contributed by atoms with Crippen molar-refractivity contribution in [3.8, 4) is 0 Å². The number of esters is 1. The zero-order valence-electron chi connectivity index (χ0n) is 9.01. The number of aliphatic hydroxyl groups excluding tert-OH is 1. The number of hydrogen-bond donors (Lipinski definition) is 2. The number of aromatic nitrogens is 1. The quantitative estimate of drug-likeness (QED) is 0.697. The average molecular weight is 222 g/mol. The summed E-state index contributed by atoms with van der Waals surface area (Å²) >= 11 is 0. The molecule has 0 saturated heterocycles. The Hall–Kier alpha value is -1.46. The van der Waals surface area contributed by atoms with Crippen molar-refractivity contribution in [2.75, 3.05) is 7.11 Å². The van der Waals surface area contributed by atoms with Crippen LogP contribution in [0.2, 0.25) is 0 Å². The highest BCUT2D eigenvalue weighted by molar-refractivity contribution is 5.88. The van der Waals surface area contributed by atoms with Crippen LogP contribution in [0.1, 0.15) is 28.9 Å². The molecule has 0 bridgehead atoms. The maximum atomic E-state index is 11.2. The summed E-state index contributed by atoms with van der Waals surface area (Å²) < 4.78 is 4.57. The molecule has 16 heavy (non-hydrogen) atoms. The molecule has 86 valence electrons. The van der Waals surface area contributed by atoms with Crippen molar-refractivity contribution < 1.29 is 14.6 Å². The second kappa shape index (κ2) is 3.84. The van der Waals surface area contributed by atoms with E-state index >= 15 is 0 Å². The molecule has 0 aliphatic heterocycles. The molecule has 5 heteroatoms. The number of rotatable bonds is 2. The van der Waals surface area contributed by atoms with E-state index in [9.17, 15) is 9.90 Å². The SMILES string of the molecule is COC(=O)c1ccc(C2(N)CC(O)C2)nc1. The van der Waals surface area contributed by atoms with E-state index in [1.165, 1.54) is 13.3 Å². The number of hydrogen-bond acceptors (Lipinski definition) is 5. The molecular weight excluding hydrogens is 208 g/mol. The summed E-state index contributed by atoms with van der Waals surface area (Å²) in [4.78, 5) is 15.3. The number of nitrogens with two attached hydrogens (primary N) is 1. The molecule has 3 N–H and O–H groups in total. The van der Waals surface area contributed by atoms with Gasteiger partial charge in [-0.2, -0.15) is 0 Å². The Morgan fingerprint density at radius 3 is 2.75 bits per heavy atom. The van der Waals surface area contributed by atoms with Crippen molar-refractivity contribution >= 4 is 5.97 Å². The van der Waals surface area contributed by atoms with E-state index < -0.39 is 11.5 Å². The Kier molecular flexibility index (Phi) is 2.65. The third-order valence-corrected chi connectivity index (χ3v) is 2.89. The van der Waals surface area contributed by atoms with E-state index in [1.807, 2.05) is 0 Å². The number of aliphatic hydroxyl groups is 1. The first kappa shape index (κ1) is 11.0. The van der Waals surface area contributed by atoms with Gasteiger partial charge < -0.3 is 15.6 Å². The number of ether oxygens (including phenoxy) is 1. The second-order valence-corrected chi connectivity index (χ2v) is 4.14. The van der Waals surface area contributed by atoms with Crippen molar-refractivity contribution in [2.24, 2.45) is 5.73 Å². The minimum Gasteiger partial charge on any atom is -0.465 e. The highest BCUT2D eigenvalue weighted by Crippen LogP contribution is 2.37. The Labute approximate surface area is 93.2 Å². The van der Waals surface area contributed by atoms with Crippen LogP contribution in [0.3, 0.4) is 0 Å². The maximum absolute atomic E-state index is 11.2. The van der Waals surface area contributed by atoms with Crippen LogP contribution in [-0.4, -0.2) is 29.3 Å². The maximum Gasteiger partial charge on any atom is 0.339 e. The summed E-state index contributed by atoms with van der Waals surface area (Å²) in [5.41, 5.74) is 6.58. The van der Waals surface area contributed by atoms with Crippen molar-refractivity contribution in [2.45, 2.75) is 24.5 Å². The molecule has 0 unspecified atom stereocenters. The molecule has 1 fully saturated rings. The van der Waals surface area contributed by atoms with Crippen LogP contribution in [0.25, 0.3) is 0 Å². The molecule has 1 heterocycles. The number of pyridine rings is 1. The Balaban J connectivity index is 2.17. The highest BCUT2D eigenvalue weighted by Gasteiger charge is 2.42. The van der Waals surface area contributed by atoms with Crippen molar-refractivity contribution in [1.29, 1.82) is 0 Å². The molecule has 1 aromatic rings. The van der Waals surface area contributed by atoms with Crippen LogP contribution in [0.5, 0.6) is 0 Å². The van der Waals surface area contributed by atoms with E-state index in [0.717, 1.165) is 0 Å². The second-order valence-electron chi connectivity index (χ2n) is 4.14. The van der Waals surface area contributed by atoms with Gasteiger partial charge in [0.05, 0.1) is 30.0 Å². The molecule has 0 atom stereocenters. The van der Waals surface area contributed by atoms with Gasteiger partial charge in [0.15, 0.2) is 0 Å². The van der Waals surface area contributed by atoms with E-state index in [-0.39, 0.29) is 6.10 Å². The predicted molar refractivity (Wildman–Crippen MR) is 56.7 cm³/mol. The van der Waals surface area contributed by atoms with Gasteiger partial charge in [-0.25, -0.2) is 4.79 Å². The lowest BCUT2D eigenvalue weighted by molar-refractivity contribution is 0.0187. The summed E-state index contributed by atoms with van der Waals surface area (Å²) in [5.74, 6) is -0.418. The number of carbonyl (C=O) groups excluding carboxylic acids is 1. The Morgan fingerprint density at radius 2 is 2.31 bits per heavy atom. The number of methoxy groups -OCH3 is 1. The van der Waals surface area contributed by atoms with Crippen LogP contribution in [0.4, 0.5) is 0 Å². The fourth-order valence-electron chi connectivity index (χ4n) is 1.92. The Bertz CT molecular complexity index is 396. The molecular formula is C11H14N2O3. The van der Waals surface area contributed by atoms with Gasteiger partial charge in [0.1, 0.15) is 0 Å². The number of carbonyl (C=O) groups is 1. The van der Waals surface area contributed by atoms with E-state index in [2.05, 4.69) is 9.72 Å². The lowest BCUT2D eigenvalue weighted by Crippen LogP contribution is -2.52. The largest absolute Gasteiger partial charge is 0.465 e. The first-order valence-corrected chi connectivity index (χ1v) is 5.07. The first-order chi connectivity index (χ1) is 7.55. The summed E-state index contributed by atoms with van der Waals surface area (Å²) in [6, 6.07) is 3.34. The molecule has 0 amide bonds. The van der Waals surface area contributed by atoms with Gasteiger partial charge in [-0.15, -0.1) is 0 Å². The third kappa shape index (κ3) is 1.79. The molecule has 1 aliphatic carbocycles. The molecule has 0 aromatic carbocycles. The van der Waals surface area contributed by atoms with Crippen molar-refractivity contribution in [1.82, 2.24) is 4.98 Å². The van der Waals surface area contributed by atoms with Crippen LogP contribution < -0.4 is 5.73 Å². The van der Waals surface area contributed by atoms with Crippen LogP contribution in [-0.2, 0) is 10.3 Å². The summed E-state index contributed by atoms with van der Waals surface area (Å²) in [6.45, 7) is 0. The summed E-state index contributed by atoms with van der Waals surface area (Å²) in [7, 11) is 1.32. The fourth-order valence-corrected chi connectivity index (χ4v) is 1.92. The van der Waals surface area contributed by atoms with Gasteiger partial charge in [0, 0.05) is 6.20 Å². The van der Waals surface area contributed by atoms with Gasteiger partial charge in [-0.3, -0.25) is 4.98 Å². The van der Waals surface area contributed by atoms with Gasteiger partial charge in [-0.1, -0.05) is 0 Å². The topological polar surface area (TPSA) is 85.4 Å². The van der Waals surface area contributed by atoms with Crippen molar-refractivity contribution in [3.05, 3.63) is 29.6 Å². The lowest BCUT2D eigenvalue weighted by atomic mass is 9.73. The number of nitrogens with zero attached hydrogens (tertiary/aromatic N) is 1. The average Bonchev–Trinajstić information content (AvgIpc) is 2.26. The van der Waals surface area contributed by atoms with Crippen LogP contribution in [0.15, 0.2) is 18.3 Å². The predicted octanol–water partition coefficient (Wildman–Crippen LogP) is 0.177. The minimum atomic E-state index is -0.548. The molecule has 0 spiro atoms. The standard InChI is InChI=1S/C11H14N2O3/c1-16-10(15)7-2-3-9(13-6-7)11(12)4-8(14)5-11/h2-3,6,8,14H,4-5,12H2,1H3. The molecule has 1 aromatic heterocycles. The molecule has 2 rings (SSSR count). The van der Waals surface area contributed by atoms with Gasteiger partial charge in [0.25, 0.3) is 0 Å². The molecule has 1 saturated carbocycles. The van der Waals surface area contributed by atoms with Gasteiger partial charge >= 0.3 is 5.97 Å². The minimum absolute atomic E-state index is 0.341. The van der Waals surface area contributed by atoms with E-state index in [1.54, 1.807) is 12.1 Å². The third-order valence-electron chi connectivity index (χ3n) is 2.89. The van der Waals surface area contributed by atoms with Crippen LogP contribution in [0, 0.1) is 0 Å². The van der Waals surface area contributed by atoms with Gasteiger partial charge in [0.2, 0.25) is 0 Å². The van der Waals surface area contributed by atoms with E-state index in [0.29, 0.717) is 24.1 Å². The van der Waals surface area contributed by atoms with Crippen molar-refractivity contribution in [3.63, 3.8) is 0 Å². The van der Waals surface area contributed by atoms with E-state index in [4.69, 9.17) is 5.73 Å². The first-order valence-electron chi connectivity index (χ1n) is 5.07.